The predicted octanol–water partition coefficient (Wildman–Crippen LogP) is 8.93. The minimum atomic E-state index is -0.796. The lowest BCUT2D eigenvalue weighted by Gasteiger charge is -2.36. The fourth-order valence-electron chi connectivity index (χ4n) is 4.92. The Morgan fingerprint density at radius 2 is 1.36 bits per heavy atom. The molecule has 1 fully saturated rings. The number of ether oxygens (including phenoxy) is 2. The number of allylic oxidation sites excluding steroid dienone is 1. The molecular formula is C31H59NO4. The number of carbonyl (C=O) groups excluding carboxylic acids is 1. The smallest absolute Gasteiger partial charge is 0.413 e. The van der Waals surface area contributed by atoms with Gasteiger partial charge in [-0.3, -0.25) is 4.90 Å². The summed E-state index contributed by atoms with van der Waals surface area (Å²) >= 11 is 0. The molecule has 212 valence electrons. The van der Waals surface area contributed by atoms with E-state index in [1.54, 1.807) is 4.90 Å². The van der Waals surface area contributed by atoms with Crippen molar-refractivity contribution in [2.75, 3.05) is 6.61 Å². The monoisotopic (exact) mass is 509 g/mol. The quantitative estimate of drug-likeness (QED) is 0.139. The molecule has 1 N–H and O–H groups in total. The Hall–Kier alpha value is -1.07. The normalized spacial score (nSPS) is 18.8. The van der Waals surface area contributed by atoms with Crippen LogP contribution in [0.1, 0.15) is 151 Å². The van der Waals surface area contributed by atoms with Crippen LogP contribution in [-0.2, 0) is 9.47 Å². The summed E-state index contributed by atoms with van der Waals surface area (Å²) in [5.74, 6) is 0. The number of rotatable bonds is 19. The highest BCUT2D eigenvalue weighted by Gasteiger charge is 2.47. The van der Waals surface area contributed by atoms with Crippen molar-refractivity contribution in [3.05, 3.63) is 12.2 Å². The second-order valence-electron chi connectivity index (χ2n) is 12.2. The molecule has 0 saturated carbocycles. The van der Waals surface area contributed by atoms with Gasteiger partial charge in [0.05, 0.1) is 18.8 Å². The zero-order chi connectivity index (χ0) is 26.9. The van der Waals surface area contributed by atoms with Crippen molar-refractivity contribution in [2.24, 2.45) is 0 Å². The highest BCUT2D eigenvalue weighted by molar-refractivity contribution is 5.70. The molecule has 5 nitrogen and oxygen atoms in total. The topological polar surface area (TPSA) is 59.0 Å². The number of hydrogen-bond acceptors (Lipinski definition) is 4. The van der Waals surface area contributed by atoms with Gasteiger partial charge in [-0.2, -0.15) is 0 Å². The maximum absolute atomic E-state index is 12.7. The maximum atomic E-state index is 12.7. The average molecular weight is 510 g/mol. The largest absolute Gasteiger partial charge is 0.444 e. The minimum Gasteiger partial charge on any atom is -0.444 e. The summed E-state index contributed by atoms with van der Waals surface area (Å²) in [4.78, 5) is 14.3. The third-order valence-electron chi connectivity index (χ3n) is 7.06. The van der Waals surface area contributed by atoms with E-state index in [4.69, 9.17) is 9.47 Å². The molecule has 0 aromatic heterocycles. The second kappa shape index (κ2) is 18.2. The summed E-state index contributed by atoms with van der Waals surface area (Å²) in [5.41, 5.74) is -1.38. The van der Waals surface area contributed by atoms with Gasteiger partial charge < -0.3 is 14.6 Å². The van der Waals surface area contributed by atoms with E-state index in [0.29, 0.717) is 6.61 Å². The van der Waals surface area contributed by atoms with E-state index < -0.39 is 29.6 Å². The summed E-state index contributed by atoms with van der Waals surface area (Å²) in [6.45, 7) is 11.8. The van der Waals surface area contributed by atoms with Crippen molar-refractivity contribution in [1.82, 2.24) is 4.90 Å². The van der Waals surface area contributed by atoms with Crippen molar-refractivity contribution in [2.45, 2.75) is 174 Å². The van der Waals surface area contributed by atoms with Gasteiger partial charge in [0.2, 0.25) is 0 Å². The molecule has 0 spiro atoms. The van der Waals surface area contributed by atoms with Crippen molar-refractivity contribution >= 4 is 6.09 Å². The molecule has 1 rings (SSSR count). The van der Waals surface area contributed by atoms with Crippen LogP contribution < -0.4 is 0 Å². The molecule has 0 aromatic rings. The molecule has 1 aliphatic heterocycles. The number of hydrogen-bond donors (Lipinski definition) is 1. The van der Waals surface area contributed by atoms with Gasteiger partial charge in [0.1, 0.15) is 11.3 Å². The minimum absolute atomic E-state index is 0.302. The number of unbranched alkanes of at least 4 members (excludes halogenated alkanes) is 16. The molecule has 1 saturated heterocycles. The first kappa shape index (κ1) is 33.0. The molecule has 1 aliphatic rings. The Bertz CT molecular complexity index is 596. The molecule has 1 amide bonds. The van der Waals surface area contributed by atoms with Crippen LogP contribution in [0.2, 0.25) is 0 Å². The van der Waals surface area contributed by atoms with Gasteiger partial charge in [-0.1, -0.05) is 115 Å². The first-order chi connectivity index (χ1) is 17.1. The Morgan fingerprint density at radius 3 is 1.81 bits per heavy atom. The van der Waals surface area contributed by atoms with Crippen LogP contribution in [0.3, 0.4) is 0 Å². The van der Waals surface area contributed by atoms with Gasteiger partial charge in [-0.05, 0) is 47.5 Å². The van der Waals surface area contributed by atoms with E-state index in [0.717, 1.165) is 12.8 Å². The summed E-state index contributed by atoms with van der Waals surface area (Å²) in [5, 5.41) is 10.7. The molecule has 0 unspecified atom stereocenters. The van der Waals surface area contributed by atoms with E-state index in [1.807, 2.05) is 46.8 Å². The zero-order valence-electron chi connectivity index (χ0n) is 24.7. The fraction of sp³-hybridized carbons (Fsp3) is 0.903. The number of nitrogens with zero attached hydrogens (tertiary/aromatic N) is 1. The van der Waals surface area contributed by atoms with Crippen molar-refractivity contribution < 1.29 is 19.4 Å². The highest BCUT2D eigenvalue weighted by atomic mass is 16.6. The first-order valence-electron chi connectivity index (χ1n) is 15.1. The van der Waals surface area contributed by atoms with Crippen LogP contribution in [0.5, 0.6) is 0 Å². The van der Waals surface area contributed by atoms with Gasteiger partial charge >= 0.3 is 6.09 Å². The third-order valence-corrected chi connectivity index (χ3v) is 7.06. The molecule has 2 atom stereocenters. The maximum Gasteiger partial charge on any atom is 0.413 e. The predicted molar refractivity (Wildman–Crippen MR) is 151 cm³/mol. The highest BCUT2D eigenvalue weighted by Crippen LogP contribution is 2.31. The third kappa shape index (κ3) is 14.6. The van der Waals surface area contributed by atoms with Crippen LogP contribution in [-0.4, -0.2) is 46.2 Å². The fourth-order valence-corrected chi connectivity index (χ4v) is 4.92. The molecule has 0 aliphatic carbocycles. The molecule has 5 heteroatoms. The Kier molecular flexibility index (Phi) is 16.7. The number of amides is 1. The van der Waals surface area contributed by atoms with Crippen LogP contribution in [0.4, 0.5) is 4.79 Å². The van der Waals surface area contributed by atoms with Crippen LogP contribution in [0.15, 0.2) is 12.2 Å². The van der Waals surface area contributed by atoms with Crippen LogP contribution in [0.25, 0.3) is 0 Å². The van der Waals surface area contributed by atoms with E-state index in [-0.39, 0.29) is 0 Å². The Morgan fingerprint density at radius 1 is 0.917 bits per heavy atom. The van der Waals surface area contributed by atoms with Crippen molar-refractivity contribution in [1.29, 1.82) is 0 Å². The number of carbonyl (C=O) groups is 1. The van der Waals surface area contributed by atoms with Crippen LogP contribution >= 0.6 is 0 Å². The molecule has 0 aromatic carbocycles. The van der Waals surface area contributed by atoms with Gasteiger partial charge in [-0.25, -0.2) is 4.79 Å². The number of aliphatic hydroxyl groups is 1. The van der Waals surface area contributed by atoms with Gasteiger partial charge in [0.15, 0.2) is 0 Å². The number of aliphatic hydroxyl groups excluding tert-OH is 1. The SMILES string of the molecule is CCCCCCCCCCCCCCCCCC/C=C/[C@@H](O)[C@@H]1COC(C)(C)N1C(=O)OC(C)(C)C. The Labute approximate surface area is 223 Å². The van der Waals surface area contributed by atoms with E-state index in [2.05, 4.69) is 6.92 Å². The van der Waals surface area contributed by atoms with Crippen LogP contribution in [0, 0.1) is 0 Å². The first-order valence-corrected chi connectivity index (χ1v) is 15.1. The van der Waals surface area contributed by atoms with Gasteiger partial charge in [0.25, 0.3) is 0 Å². The summed E-state index contributed by atoms with van der Waals surface area (Å²) in [6.07, 6.45) is 25.5. The molecular weight excluding hydrogens is 450 g/mol. The summed E-state index contributed by atoms with van der Waals surface area (Å²) in [6, 6.07) is -0.433. The average Bonchev–Trinajstić information content (AvgIpc) is 3.12. The molecule has 36 heavy (non-hydrogen) atoms. The van der Waals surface area contributed by atoms with Gasteiger partial charge in [0, 0.05) is 0 Å². The molecule has 0 bridgehead atoms. The van der Waals surface area contributed by atoms with Gasteiger partial charge in [-0.15, -0.1) is 0 Å². The zero-order valence-corrected chi connectivity index (χ0v) is 24.7. The molecule has 1 heterocycles. The van der Waals surface area contributed by atoms with E-state index >= 15 is 0 Å². The summed E-state index contributed by atoms with van der Waals surface area (Å²) in [7, 11) is 0. The van der Waals surface area contributed by atoms with E-state index in [9.17, 15) is 9.90 Å². The lowest BCUT2D eigenvalue weighted by Crippen LogP contribution is -2.53. The lowest BCUT2D eigenvalue weighted by molar-refractivity contribution is -0.0661. The lowest BCUT2D eigenvalue weighted by atomic mass is 10.0. The molecule has 0 radical (unpaired) electrons. The standard InChI is InChI=1S/C31H59NO4/c1-7-8-9-10-11-12-13-14-15-16-17-18-19-20-21-22-23-24-25-28(33)27-26-35-31(5,6)32(27)29(34)36-30(2,3)4/h24-25,27-28,33H,7-23,26H2,1-6H3/b25-24+/t27-,28+/m0/s1. The second-order valence-corrected chi connectivity index (χ2v) is 12.2. The van der Waals surface area contributed by atoms with Crippen molar-refractivity contribution in [3.63, 3.8) is 0 Å². The Balaban J connectivity index is 2.08. The van der Waals surface area contributed by atoms with Crippen molar-refractivity contribution in [3.8, 4) is 0 Å². The van der Waals surface area contributed by atoms with E-state index in [1.165, 1.54) is 96.3 Å². The summed E-state index contributed by atoms with van der Waals surface area (Å²) < 4.78 is 11.3.